The van der Waals surface area contributed by atoms with Gasteiger partial charge in [0.2, 0.25) is 0 Å². The molecular weight excluding hydrogens is 253 g/mol. The van der Waals surface area contributed by atoms with E-state index < -0.39 is 0 Å². The zero-order chi connectivity index (χ0) is 0. The van der Waals surface area contributed by atoms with Crippen LogP contribution in [0.3, 0.4) is 0 Å². The molecule has 4 heavy (non-hydrogen) atoms. The van der Waals surface area contributed by atoms with Crippen LogP contribution in [0, 0.1) is 0 Å². The maximum atomic E-state index is 0. The Bertz CT molecular complexity index is 8.00. The van der Waals surface area contributed by atoms with E-state index in [-0.39, 0.29) is 64.9 Å². The summed E-state index contributed by atoms with van der Waals surface area (Å²) in [6.07, 6.45) is 0. The van der Waals surface area contributed by atoms with Gasteiger partial charge in [-0.2, -0.15) is 0 Å². The van der Waals surface area contributed by atoms with Crippen LogP contribution in [0.15, 0.2) is 0 Å². The van der Waals surface area contributed by atoms with Crippen LogP contribution < -0.4 is 0 Å². The number of hydrogen-bond donors (Lipinski definition) is 0. The fourth-order valence-corrected chi connectivity index (χ4v) is 0. The SMILES string of the molecule is C.[Cu].[Ni].[Sn]. The quantitative estimate of drug-likeness (QED) is 0.546. The van der Waals surface area contributed by atoms with Gasteiger partial charge < -0.3 is 0 Å². The molecule has 0 N–H and O–H groups in total. The molecule has 5 radical (unpaired) electrons. The minimum Gasteiger partial charge on any atom is -0.0776 e. The summed E-state index contributed by atoms with van der Waals surface area (Å²) >= 11 is 0. The van der Waals surface area contributed by atoms with Gasteiger partial charge in [0.1, 0.15) is 0 Å². The van der Waals surface area contributed by atoms with Crippen molar-refractivity contribution in [1.82, 2.24) is 0 Å². The second-order valence-electron chi connectivity index (χ2n) is 0. The molecule has 33 valence electrons. The molecule has 0 rings (SSSR count). The van der Waals surface area contributed by atoms with Crippen molar-refractivity contribution in [3.05, 3.63) is 0 Å². The third-order valence-corrected chi connectivity index (χ3v) is 0. The van der Waals surface area contributed by atoms with Gasteiger partial charge in [0, 0.05) is 57.5 Å². The van der Waals surface area contributed by atoms with Gasteiger partial charge in [-0.25, -0.2) is 0 Å². The maximum absolute atomic E-state index is 0. The standard InChI is InChI=1S/CH4.Cu.Ni.Sn/h1H4;;;. The first-order valence-corrected chi connectivity index (χ1v) is 0. The first kappa shape index (κ1) is 41.0. The summed E-state index contributed by atoms with van der Waals surface area (Å²) in [4.78, 5) is 0. The molecule has 0 heterocycles. The van der Waals surface area contributed by atoms with Crippen molar-refractivity contribution in [3.8, 4) is 0 Å². The second kappa shape index (κ2) is 21.3. The predicted molar refractivity (Wildman–Crippen MR) is 12.5 cm³/mol. The Morgan fingerprint density at radius 1 is 1.00 bits per heavy atom. The molecule has 0 spiro atoms. The van der Waals surface area contributed by atoms with E-state index in [1.54, 1.807) is 0 Å². The zero-order valence-corrected chi connectivity index (χ0v) is 5.90. The van der Waals surface area contributed by atoms with Gasteiger partial charge >= 0.3 is 0 Å². The molecule has 0 atom stereocenters. The summed E-state index contributed by atoms with van der Waals surface area (Å²) in [5.41, 5.74) is 0. The zero-order valence-electron chi connectivity index (χ0n) is 1.12. The van der Waals surface area contributed by atoms with Gasteiger partial charge in [-0.1, -0.05) is 7.43 Å². The van der Waals surface area contributed by atoms with Crippen LogP contribution in [-0.2, 0) is 33.6 Å². The third-order valence-electron chi connectivity index (χ3n) is 0. The van der Waals surface area contributed by atoms with Crippen molar-refractivity contribution in [2.75, 3.05) is 0 Å². The summed E-state index contributed by atoms with van der Waals surface area (Å²) in [5, 5.41) is 0. The van der Waals surface area contributed by atoms with E-state index >= 15 is 0 Å². The van der Waals surface area contributed by atoms with Crippen molar-refractivity contribution in [1.29, 1.82) is 0 Å². The Morgan fingerprint density at radius 3 is 1.00 bits per heavy atom. The summed E-state index contributed by atoms with van der Waals surface area (Å²) in [6.45, 7) is 0. The summed E-state index contributed by atoms with van der Waals surface area (Å²) in [5.74, 6) is 0. The normalized spacial score (nSPS) is 0. The molecule has 0 aromatic carbocycles. The van der Waals surface area contributed by atoms with Gasteiger partial charge in [-0.05, 0) is 0 Å². The van der Waals surface area contributed by atoms with E-state index in [0.717, 1.165) is 0 Å². The molecular formula is CH4CuNiSn. The van der Waals surface area contributed by atoms with Crippen LogP contribution in [0.4, 0.5) is 0 Å². The van der Waals surface area contributed by atoms with Crippen molar-refractivity contribution in [2.45, 2.75) is 7.43 Å². The molecule has 0 fully saturated rings. The molecule has 0 aromatic rings. The first-order valence-electron chi connectivity index (χ1n) is 0. The maximum Gasteiger partial charge on any atom is 0 e. The van der Waals surface area contributed by atoms with Crippen LogP contribution in [0.2, 0.25) is 0 Å². The molecule has 0 amide bonds. The fourth-order valence-electron chi connectivity index (χ4n) is 0. The average Bonchev–Trinajstić information content (AvgIpc) is 0. The van der Waals surface area contributed by atoms with E-state index in [1.807, 2.05) is 0 Å². The van der Waals surface area contributed by atoms with E-state index in [2.05, 4.69) is 0 Å². The molecule has 0 saturated heterocycles. The van der Waals surface area contributed by atoms with E-state index in [4.69, 9.17) is 0 Å². The van der Waals surface area contributed by atoms with Crippen LogP contribution in [-0.4, -0.2) is 23.9 Å². The molecule has 0 aliphatic rings. The smallest absolute Gasteiger partial charge is 0 e. The largest absolute Gasteiger partial charge is 0.0776 e. The van der Waals surface area contributed by atoms with Gasteiger partial charge in [0.25, 0.3) is 0 Å². The Hall–Kier alpha value is 1.81. The summed E-state index contributed by atoms with van der Waals surface area (Å²) < 4.78 is 0. The van der Waals surface area contributed by atoms with Gasteiger partial charge in [-0.3, -0.25) is 0 Å². The Morgan fingerprint density at radius 2 is 1.00 bits per heavy atom. The van der Waals surface area contributed by atoms with Crippen molar-refractivity contribution in [3.63, 3.8) is 0 Å². The minimum absolute atomic E-state index is 0. The van der Waals surface area contributed by atoms with Crippen molar-refractivity contribution < 1.29 is 33.6 Å². The predicted octanol–water partition coefficient (Wildman–Crippen LogP) is 0.250. The first-order chi connectivity index (χ1) is 0. The average molecular weight is 257 g/mol. The molecule has 0 nitrogen and oxygen atoms in total. The molecule has 0 aliphatic heterocycles. The molecule has 3 heteroatoms. The molecule has 0 aromatic heterocycles. The van der Waals surface area contributed by atoms with E-state index in [9.17, 15) is 0 Å². The number of rotatable bonds is 0. The monoisotopic (exact) mass is 257 g/mol. The van der Waals surface area contributed by atoms with Crippen LogP contribution in [0.1, 0.15) is 7.43 Å². The van der Waals surface area contributed by atoms with Crippen LogP contribution in [0.25, 0.3) is 0 Å². The Labute approximate surface area is 64.5 Å². The fraction of sp³-hybridized carbons (Fsp3) is 1.00. The number of hydrogen-bond acceptors (Lipinski definition) is 0. The van der Waals surface area contributed by atoms with Gasteiger partial charge in [-0.15, -0.1) is 0 Å². The third kappa shape index (κ3) is 9.18. The summed E-state index contributed by atoms with van der Waals surface area (Å²) in [7, 11) is 0. The Kier molecular flexibility index (Phi) is 218. The minimum atomic E-state index is 0. The van der Waals surface area contributed by atoms with E-state index in [0.29, 0.717) is 0 Å². The molecule has 0 aliphatic carbocycles. The van der Waals surface area contributed by atoms with Crippen molar-refractivity contribution >= 4 is 23.9 Å². The molecule has 0 saturated carbocycles. The van der Waals surface area contributed by atoms with Gasteiger partial charge in [0.15, 0.2) is 0 Å². The van der Waals surface area contributed by atoms with E-state index in [1.165, 1.54) is 0 Å². The molecule has 0 unspecified atom stereocenters. The topological polar surface area (TPSA) is 0 Å². The van der Waals surface area contributed by atoms with Gasteiger partial charge in [0.05, 0.1) is 0 Å². The summed E-state index contributed by atoms with van der Waals surface area (Å²) in [6, 6.07) is 0. The second-order valence-corrected chi connectivity index (χ2v) is 0. The Balaban J connectivity index is 0. The molecule has 0 bridgehead atoms. The van der Waals surface area contributed by atoms with Crippen molar-refractivity contribution in [2.24, 2.45) is 0 Å². The van der Waals surface area contributed by atoms with Crippen LogP contribution >= 0.6 is 0 Å². The van der Waals surface area contributed by atoms with Crippen LogP contribution in [0.5, 0.6) is 0 Å².